The van der Waals surface area contributed by atoms with Crippen LogP contribution in [-0.4, -0.2) is 67.3 Å². The van der Waals surface area contributed by atoms with Gasteiger partial charge in [-0.15, -0.1) is 0 Å². The van der Waals surface area contributed by atoms with Crippen molar-refractivity contribution in [2.45, 2.75) is 13.0 Å². The molecule has 5 heterocycles. The van der Waals surface area contributed by atoms with E-state index < -0.39 is 25.7 Å². The van der Waals surface area contributed by atoms with Crippen LogP contribution in [0, 0.1) is 5.82 Å². The van der Waals surface area contributed by atoms with Crippen LogP contribution in [0.2, 0.25) is 0 Å². The largest absolute Gasteiger partial charge is 0.384 e. The zero-order chi connectivity index (χ0) is 30.4. The van der Waals surface area contributed by atoms with Crippen LogP contribution < -0.4 is 5.73 Å². The van der Waals surface area contributed by atoms with Crippen LogP contribution in [0.5, 0.6) is 0 Å². The maximum atomic E-state index is 14.7. The molecule has 184 valence electrons. The molecule has 2 N–H and O–H groups in total. The zero-order valence-electron chi connectivity index (χ0n) is 25.4. The summed E-state index contributed by atoms with van der Waals surface area (Å²) in [6, 6.07) is 4.94. The van der Waals surface area contributed by atoms with E-state index in [2.05, 4.69) is 24.8 Å². The molecule has 5 rings (SSSR count). The van der Waals surface area contributed by atoms with Crippen molar-refractivity contribution in [3.8, 4) is 11.1 Å². The molecule has 4 aromatic rings. The fraction of sp³-hybridized carbons (Fsp3) is 0.269. The second kappa shape index (κ2) is 9.46. The van der Waals surface area contributed by atoms with Gasteiger partial charge in [0.25, 0.3) is 5.91 Å². The van der Waals surface area contributed by atoms with Gasteiger partial charge >= 0.3 is 0 Å². The van der Waals surface area contributed by atoms with Gasteiger partial charge in [-0.05, 0) is 29.7 Å². The normalized spacial score (nSPS) is 17.3. The average molecular weight is 493 g/mol. The van der Waals surface area contributed by atoms with Crippen LogP contribution in [0.25, 0.3) is 27.7 Å². The summed E-state index contributed by atoms with van der Waals surface area (Å²) in [6.45, 7) is -4.43. The van der Waals surface area contributed by atoms with Gasteiger partial charge in [-0.1, -0.05) is 6.08 Å². The topological polar surface area (TPSA) is 106 Å². The van der Waals surface area contributed by atoms with E-state index in [0.29, 0.717) is 48.7 Å². The number of nitrogens with zero attached hydrogens (tertiary/aromatic N) is 7. The number of fused-ring (bicyclic) bond motifs is 1. The molecule has 0 saturated carbocycles. The fourth-order valence-electron chi connectivity index (χ4n) is 4.32. The van der Waals surface area contributed by atoms with Gasteiger partial charge in [-0.2, -0.15) is 0 Å². The van der Waals surface area contributed by atoms with Gasteiger partial charge in [-0.25, -0.2) is 24.3 Å². The van der Waals surface area contributed by atoms with Crippen molar-refractivity contribution in [1.29, 1.82) is 0 Å². The number of hydrogen-bond donors (Lipinski definition) is 1. The molecule has 1 aliphatic heterocycles. The molecule has 1 aliphatic rings. The number of carbonyl (C=O) groups is 1. The molecule has 1 amide bonds. The second-order valence-corrected chi connectivity index (χ2v) is 8.53. The molecule has 0 fully saturated rings. The number of aromatic nitrogens is 5. The first kappa shape index (κ1) is 17.3. The summed E-state index contributed by atoms with van der Waals surface area (Å²) in [5, 5.41) is 0.798. The summed E-state index contributed by atoms with van der Waals surface area (Å²) in [6.07, 6.45) is 7.92. The predicted molar refractivity (Wildman–Crippen MR) is 136 cm³/mol. The van der Waals surface area contributed by atoms with E-state index in [1.807, 2.05) is 23.8 Å². The van der Waals surface area contributed by atoms with Crippen molar-refractivity contribution < 1.29 is 17.4 Å². The van der Waals surface area contributed by atoms with Crippen LogP contribution >= 0.6 is 0 Å². The monoisotopic (exact) mass is 492 g/mol. The molecular weight excluding hydrogens is 459 g/mol. The third kappa shape index (κ3) is 4.42. The number of amides is 1. The Labute approximate surface area is 216 Å². The highest BCUT2D eigenvalue weighted by atomic mass is 19.1. The minimum absolute atomic E-state index is 0.108. The van der Waals surface area contributed by atoms with Crippen molar-refractivity contribution in [2.75, 3.05) is 32.8 Å². The van der Waals surface area contributed by atoms with E-state index in [0.717, 1.165) is 29.0 Å². The molecule has 9 nitrogen and oxygen atoms in total. The van der Waals surface area contributed by atoms with E-state index in [1.54, 1.807) is 12.3 Å². The SMILES string of the molecule is [2H]C([2H])([2H])N(C(=O)c1cnc(C2=CCN(Cc3cc4c(-c5cnc(N)cc5F)ccnc4n3C)CC2)nc1)C([2H])([2H])[2H]. The van der Waals surface area contributed by atoms with Crippen LogP contribution in [0.3, 0.4) is 0 Å². The lowest BCUT2D eigenvalue weighted by Crippen LogP contribution is -2.29. The summed E-state index contributed by atoms with van der Waals surface area (Å²) in [4.78, 5) is 31.7. The predicted octanol–water partition coefficient (Wildman–Crippen LogP) is 3.14. The first-order chi connectivity index (χ1) is 19.7. The lowest BCUT2D eigenvalue weighted by Gasteiger charge is -2.26. The Morgan fingerprint density at radius 2 is 1.97 bits per heavy atom. The van der Waals surface area contributed by atoms with Gasteiger partial charge < -0.3 is 15.2 Å². The standard InChI is InChI=1S/C26H27FN8O/c1-33(2)26(36)17-12-31-24(32-13-17)16-5-8-35(9-6-16)15-18-10-20-19(4-7-29-25(20)34(18)3)21-14-30-23(28)11-22(21)27/h4-5,7,10-14H,6,8-9,15H2,1-3H3,(H2,28,30)/i1D3,2D3. The Kier molecular flexibility index (Phi) is 4.54. The summed E-state index contributed by atoms with van der Waals surface area (Å²) in [7, 11) is 1.91. The average Bonchev–Trinajstić information content (AvgIpc) is 3.23. The number of anilines is 1. The lowest BCUT2D eigenvalue weighted by molar-refractivity contribution is 0.0826. The Hall–Kier alpha value is -4.18. The van der Waals surface area contributed by atoms with Crippen molar-refractivity contribution in [3.05, 3.63) is 72.0 Å². The van der Waals surface area contributed by atoms with E-state index in [4.69, 9.17) is 14.0 Å². The summed E-state index contributed by atoms with van der Waals surface area (Å²) < 4.78 is 61.3. The number of nitrogen functional groups attached to an aromatic ring is 1. The van der Waals surface area contributed by atoms with Gasteiger partial charge in [-0.3, -0.25) is 9.69 Å². The van der Waals surface area contributed by atoms with Crippen LogP contribution in [0.15, 0.2) is 49.1 Å². The Morgan fingerprint density at radius 1 is 1.17 bits per heavy atom. The number of hydrogen-bond acceptors (Lipinski definition) is 7. The summed E-state index contributed by atoms with van der Waals surface area (Å²) in [5.74, 6) is -1.18. The van der Waals surface area contributed by atoms with Crippen molar-refractivity contribution in [3.63, 3.8) is 0 Å². The molecule has 0 bridgehead atoms. The van der Waals surface area contributed by atoms with E-state index >= 15 is 0 Å². The molecule has 0 atom stereocenters. The van der Waals surface area contributed by atoms with Gasteiger partial charge in [0.05, 0.1) is 5.56 Å². The molecule has 0 spiro atoms. The molecule has 0 unspecified atom stereocenters. The third-order valence-corrected chi connectivity index (χ3v) is 6.26. The Morgan fingerprint density at radius 3 is 2.67 bits per heavy atom. The molecule has 4 aromatic heterocycles. The first-order valence-corrected chi connectivity index (χ1v) is 11.2. The Balaban J connectivity index is 1.31. The van der Waals surface area contributed by atoms with Crippen molar-refractivity contribution >= 4 is 28.3 Å². The quantitative estimate of drug-likeness (QED) is 0.456. The summed E-state index contributed by atoms with van der Waals surface area (Å²) in [5.41, 5.74) is 8.95. The van der Waals surface area contributed by atoms with E-state index in [-0.39, 0.29) is 16.3 Å². The minimum Gasteiger partial charge on any atom is -0.384 e. The van der Waals surface area contributed by atoms with Gasteiger partial charge in [0.2, 0.25) is 0 Å². The highest BCUT2D eigenvalue weighted by Gasteiger charge is 2.19. The van der Waals surface area contributed by atoms with E-state index in [1.165, 1.54) is 12.3 Å². The molecule has 0 radical (unpaired) electrons. The highest BCUT2D eigenvalue weighted by molar-refractivity contribution is 5.94. The van der Waals surface area contributed by atoms with Crippen LogP contribution in [-0.2, 0) is 13.6 Å². The van der Waals surface area contributed by atoms with Gasteiger partial charge in [0.15, 0.2) is 5.82 Å². The molecular formula is C26H27FN8O. The smallest absolute Gasteiger partial charge is 0.256 e. The maximum absolute atomic E-state index is 14.7. The number of aryl methyl sites for hydroxylation is 1. The highest BCUT2D eigenvalue weighted by Crippen LogP contribution is 2.32. The lowest BCUT2D eigenvalue weighted by atomic mass is 10.0. The number of carbonyl (C=O) groups excluding carboxylic acids is 1. The molecule has 0 saturated heterocycles. The fourth-order valence-corrected chi connectivity index (χ4v) is 4.32. The van der Waals surface area contributed by atoms with Crippen LogP contribution in [0.1, 0.15) is 36.5 Å². The number of rotatable bonds is 5. The number of halogens is 1. The van der Waals surface area contributed by atoms with Crippen molar-refractivity contribution in [2.24, 2.45) is 7.05 Å². The van der Waals surface area contributed by atoms with E-state index in [9.17, 15) is 9.18 Å². The maximum Gasteiger partial charge on any atom is 0.256 e. The Bertz CT molecular complexity index is 1670. The number of nitrogens with two attached hydrogens (primary N) is 1. The molecule has 10 heteroatoms. The summed E-state index contributed by atoms with van der Waals surface area (Å²) >= 11 is 0. The second-order valence-electron chi connectivity index (χ2n) is 8.53. The van der Waals surface area contributed by atoms with Gasteiger partial charge in [0.1, 0.15) is 17.3 Å². The minimum atomic E-state index is -3.15. The molecule has 0 aliphatic carbocycles. The van der Waals surface area contributed by atoms with Crippen molar-refractivity contribution in [1.82, 2.24) is 34.3 Å². The zero-order valence-corrected chi connectivity index (χ0v) is 19.4. The molecule has 0 aromatic carbocycles. The third-order valence-electron chi connectivity index (χ3n) is 6.26. The molecule has 36 heavy (non-hydrogen) atoms. The number of pyridine rings is 2. The van der Waals surface area contributed by atoms with Crippen LogP contribution in [0.4, 0.5) is 10.2 Å². The van der Waals surface area contributed by atoms with Gasteiger partial charge in [0, 0.05) is 96.4 Å². The first-order valence-electron chi connectivity index (χ1n) is 14.2.